The minimum atomic E-state index is -3.47. The van der Waals surface area contributed by atoms with E-state index in [1.807, 2.05) is 11.8 Å². The lowest BCUT2D eigenvalue weighted by Crippen LogP contribution is -2.52. The minimum Gasteiger partial charge on any atom is -0.333 e. The monoisotopic (exact) mass is 365 g/mol. The molecule has 6 nitrogen and oxygen atoms in total. The van der Waals surface area contributed by atoms with Crippen LogP contribution < -0.4 is 5.32 Å². The van der Waals surface area contributed by atoms with Gasteiger partial charge < -0.3 is 10.2 Å². The fourth-order valence-corrected chi connectivity index (χ4v) is 4.92. The second kappa shape index (κ2) is 7.43. The molecule has 2 aliphatic rings. The van der Waals surface area contributed by atoms with E-state index >= 15 is 0 Å². The van der Waals surface area contributed by atoms with Gasteiger partial charge in [0.2, 0.25) is 10.0 Å². The maximum absolute atomic E-state index is 12.8. The highest BCUT2D eigenvalue weighted by atomic mass is 32.2. The topological polar surface area (TPSA) is 69.7 Å². The molecule has 2 saturated heterocycles. The van der Waals surface area contributed by atoms with E-state index in [1.165, 1.54) is 0 Å². The van der Waals surface area contributed by atoms with E-state index in [4.69, 9.17) is 0 Å². The van der Waals surface area contributed by atoms with Crippen molar-refractivity contribution < 1.29 is 13.2 Å². The third-order valence-electron chi connectivity index (χ3n) is 5.24. The normalized spacial score (nSPS) is 23.6. The molecule has 0 aliphatic carbocycles. The lowest BCUT2D eigenvalue weighted by molar-refractivity contribution is 0.0655. The number of hydrogen-bond acceptors (Lipinski definition) is 4. The average Bonchev–Trinajstić information content (AvgIpc) is 2.62. The number of piperidine rings is 1. The number of rotatable bonds is 3. The van der Waals surface area contributed by atoms with Crippen LogP contribution in [-0.2, 0) is 10.0 Å². The van der Waals surface area contributed by atoms with E-state index in [9.17, 15) is 13.2 Å². The Bertz CT molecular complexity index is 710. The van der Waals surface area contributed by atoms with Gasteiger partial charge in [0.05, 0.1) is 4.90 Å². The van der Waals surface area contributed by atoms with Gasteiger partial charge in [-0.1, -0.05) is 6.92 Å². The van der Waals surface area contributed by atoms with Gasteiger partial charge in [-0.05, 0) is 49.9 Å². The first-order chi connectivity index (χ1) is 11.9. The number of benzene rings is 1. The van der Waals surface area contributed by atoms with Crippen LogP contribution in [0, 0.1) is 5.92 Å². The molecule has 0 aromatic heterocycles. The lowest BCUT2D eigenvalue weighted by atomic mass is 10.0. The molecular formula is C18H27N3O3S. The number of carbonyl (C=O) groups is 1. The number of sulfonamides is 1. The smallest absolute Gasteiger partial charge is 0.254 e. The van der Waals surface area contributed by atoms with Gasteiger partial charge in [-0.2, -0.15) is 4.31 Å². The number of nitrogens with zero attached hydrogens (tertiary/aromatic N) is 2. The van der Waals surface area contributed by atoms with Crippen LogP contribution in [-0.4, -0.2) is 62.3 Å². The van der Waals surface area contributed by atoms with Crippen molar-refractivity contribution in [2.75, 3.05) is 32.7 Å². The molecule has 1 N–H and O–H groups in total. The van der Waals surface area contributed by atoms with Crippen molar-refractivity contribution in [1.82, 2.24) is 14.5 Å². The number of hydrogen-bond donors (Lipinski definition) is 1. The largest absolute Gasteiger partial charge is 0.333 e. The molecule has 1 atom stereocenters. The van der Waals surface area contributed by atoms with Crippen LogP contribution in [0.15, 0.2) is 29.2 Å². The van der Waals surface area contributed by atoms with Gasteiger partial charge in [0.25, 0.3) is 5.91 Å². The maximum Gasteiger partial charge on any atom is 0.254 e. The predicted octanol–water partition coefficient (Wildman–Crippen LogP) is 1.54. The zero-order valence-electron chi connectivity index (χ0n) is 14.9. The van der Waals surface area contributed by atoms with Crippen molar-refractivity contribution >= 4 is 15.9 Å². The molecule has 7 heteroatoms. The van der Waals surface area contributed by atoms with Gasteiger partial charge in [-0.3, -0.25) is 4.79 Å². The summed E-state index contributed by atoms with van der Waals surface area (Å²) in [6.07, 6.45) is 1.80. The Labute approximate surface area is 150 Å². The summed E-state index contributed by atoms with van der Waals surface area (Å²) in [4.78, 5) is 14.8. The zero-order valence-corrected chi connectivity index (χ0v) is 15.8. The van der Waals surface area contributed by atoms with Crippen molar-refractivity contribution in [3.63, 3.8) is 0 Å². The molecule has 0 bridgehead atoms. The Morgan fingerprint density at radius 3 is 2.32 bits per heavy atom. The fraction of sp³-hybridized carbons (Fsp3) is 0.611. The van der Waals surface area contributed by atoms with Crippen LogP contribution in [0.3, 0.4) is 0 Å². The summed E-state index contributed by atoms with van der Waals surface area (Å²) in [5.41, 5.74) is 0.542. The van der Waals surface area contributed by atoms with Crippen LogP contribution in [0.1, 0.15) is 37.0 Å². The molecule has 1 aromatic rings. The Kier molecular flexibility index (Phi) is 5.46. The second-order valence-corrected chi connectivity index (χ2v) is 9.10. The molecule has 0 saturated carbocycles. The summed E-state index contributed by atoms with van der Waals surface area (Å²) in [5.74, 6) is 0.539. The lowest BCUT2D eigenvalue weighted by Gasteiger charge is -2.34. The molecule has 2 aliphatic heterocycles. The first-order valence-electron chi connectivity index (χ1n) is 9.01. The van der Waals surface area contributed by atoms with Crippen molar-refractivity contribution in [3.05, 3.63) is 29.8 Å². The molecule has 0 spiro atoms. The molecule has 1 aromatic carbocycles. The van der Waals surface area contributed by atoms with Crippen LogP contribution >= 0.6 is 0 Å². The van der Waals surface area contributed by atoms with Crippen LogP contribution in [0.4, 0.5) is 0 Å². The van der Waals surface area contributed by atoms with Crippen molar-refractivity contribution in [2.45, 2.75) is 37.6 Å². The van der Waals surface area contributed by atoms with Gasteiger partial charge in [-0.25, -0.2) is 8.42 Å². The molecule has 25 heavy (non-hydrogen) atoms. The van der Waals surface area contributed by atoms with E-state index < -0.39 is 10.0 Å². The average molecular weight is 365 g/mol. The summed E-state index contributed by atoms with van der Waals surface area (Å²) in [6.45, 7) is 7.56. The third-order valence-corrected chi connectivity index (χ3v) is 7.16. The highest BCUT2D eigenvalue weighted by Gasteiger charge is 2.29. The Hall–Kier alpha value is -1.44. The van der Waals surface area contributed by atoms with Crippen LogP contribution in [0.5, 0.6) is 0 Å². The standard InChI is InChI=1S/C18H27N3O3S/c1-14-7-10-20(11-8-14)25(23,24)17-5-3-16(4-6-17)18(22)21-12-9-19-13-15(21)2/h3-6,14-15,19H,7-13H2,1-2H3/t15-/m1/s1. The SMILES string of the molecule is CC1CCN(S(=O)(=O)c2ccc(C(=O)N3CCNC[C@H]3C)cc2)CC1. The molecule has 0 unspecified atom stereocenters. The highest BCUT2D eigenvalue weighted by Crippen LogP contribution is 2.24. The Morgan fingerprint density at radius 1 is 1.08 bits per heavy atom. The van der Waals surface area contributed by atoms with Crippen molar-refractivity contribution in [3.8, 4) is 0 Å². The van der Waals surface area contributed by atoms with Gasteiger partial charge in [-0.15, -0.1) is 0 Å². The quantitative estimate of drug-likeness (QED) is 0.882. The van der Waals surface area contributed by atoms with Crippen LogP contribution in [0.25, 0.3) is 0 Å². The van der Waals surface area contributed by atoms with Crippen molar-refractivity contribution in [1.29, 1.82) is 0 Å². The summed E-state index contributed by atoms with van der Waals surface area (Å²) in [6, 6.07) is 6.54. The van der Waals surface area contributed by atoms with E-state index in [0.29, 0.717) is 31.1 Å². The molecule has 2 fully saturated rings. The highest BCUT2D eigenvalue weighted by molar-refractivity contribution is 7.89. The first kappa shape index (κ1) is 18.4. The van der Waals surface area contributed by atoms with Gasteiger partial charge in [0.15, 0.2) is 0 Å². The van der Waals surface area contributed by atoms with Crippen molar-refractivity contribution in [2.24, 2.45) is 5.92 Å². The molecule has 1 amide bonds. The minimum absolute atomic E-state index is 0.0373. The Morgan fingerprint density at radius 2 is 1.72 bits per heavy atom. The van der Waals surface area contributed by atoms with E-state index in [-0.39, 0.29) is 16.8 Å². The zero-order chi connectivity index (χ0) is 18.0. The molecule has 138 valence electrons. The Balaban J connectivity index is 1.74. The van der Waals surface area contributed by atoms with E-state index in [2.05, 4.69) is 12.2 Å². The fourth-order valence-electron chi connectivity index (χ4n) is 3.45. The second-order valence-electron chi connectivity index (χ2n) is 7.16. The van der Waals surface area contributed by atoms with Crippen LogP contribution in [0.2, 0.25) is 0 Å². The van der Waals surface area contributed by atoms with Gasteiger partial charge in [0, 0.05) is 44.3 Å². The number of piperazine rings is 1. The molecule has 0 radical (unpaired) electrons. The van der Waals surface area contributed by atoms with E-state index in [0.717, 1.165) is 25.9 Å². The van der Waals surface area contributed by atoms with Gasteiger partial charge in [0.1, 0.15) is 0 Å². The summed E-state index contributed by atoms with van der Waals surface area (Å²) in [5, 5.41) is 3.26. The number of nitrogens with one attached hydrogen (secondary N) is 1. The third kappa shape index (κ3) is 3.88. The maximum atomic E-state index is 12.8. The summed E-state index contributed by atoms with van der Waals surface area (Å²) in [7, 11) is -3.47. The first-order valence-corrected chi connectivity index (χ1v) is 10.5. The summed E-state index contributed by atoms with van der Waals surface area (Å²) >= 11 is 0. The number of amides is 1. The number of carbonyl (C=O) groups excluding carboxylic acids is 1. The van der Waals surface area contributed by atoms with Gasteiger partial charge >= 0.3 is 0 Å². The molecule has 2 heterocycles. The predicted molar refractivity (Wildman–Crippen MR) is 97.0 cm³/mol. The summed E-state index contributed by atoms with van der Waals surface area (Å²) < 4.78 is 27.1. The van der Waals surface area contributed by atoms with E-state index in [1.54, 1.807) is 28.6 Å². The molecular weight excluding hydrogens is 338 g/mol. The molecule has 3 rings (SSSR count).